The molecule has 0 radical (unpaired) electrons. The van der Waals surface area contributed by atoms with E-state index < -0.39 is 0 Å². The number of anilines is 1. The van der Waals surface area contributed by atoms with Gasteiger partial charge in [-0.05, 0) is 43.5 Å². The summed E-state index contributed by atoms with van der Waals surface area (Å²) in [6, 6.07) is 5.41. The molecule has 0 bridgehead atoms. The first-order valence-electron chi connectivity index (χ1n) is 10.0. The lowest BCUT2D eigenvalue weighted by molar-refractivity contribution is 0.225. The molecule has 1 aromatic carbocycles. The molecule has 0 aliphatic carbocycles. The number of aromatic nitrogens is 2. The second kappa shape index (κ2) is 8.61. The fourth-order valence-electron chi connectivity index (χ4n) is 3.82. The maximum absolute atomic E-state index is 11.7. The van der Waals surface area contributed by atoms with Gasteiger partial charge in [-0.2, -0.15) is 0 Å². The Balaban J connectivity index is 1.30. The van der Waals surface area contributed by atoms with E-state index in [9.17, 15) is 4.79 Å². The van der Waals surface area contributed by atoms with Gasteiger partial charge in [0.05, 0.1) is 18.2 Å². The molecule has 0 saturated carbocycles. The number of piperazine rings is 1. The molecule has 152 valence electrons. The summed E-state index contributed by atoms with van der Waals surface area (Å²) >= 11 is 0. The van der Waals surface area contributed by atoms with E-state index in [-0.39, 0.29) is 5.63 Å². The average molecular weight is 394 g/mol. The van der Waals surface area contributed by atoms with Crippen molar-refractivity contribution in [1.29, 1.82) is 0 Å². The predicted molar refractivity (Wildman–Crippen MR) is 113 cm³/mol. The fourth-order valence-corrected chi connectivity index (χ4v) is 3.82. The molecule has 1 aliphatic rings. The van der Waals surface area contributed by atoms with E-state index in [1.807, 2.05) is 32.2 Å². The van der Waals surface area contributed by atoms with Crippen LogP contribution in [0.2, 0.25) is 0 Å². The van der Waals surface area contributed by atoms with Gasteiger partial charge in [0.1, 0.15) is 17.2 Å². The molecule has 3 heterocycles. The van der Waals surface area contributed by atoms with Crippen molar-refractivity contribution in [2.75, 3.05) is 44.2 Å². The summed E-state index contributed by atoms with van der Waals surface area (Å²) in [6.07, 6.45) is 6.20. The van der Waals surface area contributed by atoms with Crippen LogP contribution in [0, 0.1) is 13.8 Å². The molecule has 0 unspecified atom stereocenters. The zero-order valence-electron chi connectivity index (χ0n) is 16.9. The summed E-state index contributed by atoms with van der Waals surface area (Å²) < 4.78 is 11.4. The molecule has 0 amide bonds. The Morgan fingerprint density at radius 1 is 1.10 bits per heavy atom. The van der Waals surface area contributed by atoms with E-state index in [4.69, 9.17) is 9.15 Å². The van der Waals surface area contributed by atoms with Crippen LogP contribution >= 0.6 is 0 Å². The van der Waals surface area contributed by atoms with Crippen molar-refractivity contribution >= 4 is 16.8 Å². The quantitative estimate of drug-likeness (QED) is 0.470. The van der Waals surface area contributed by atoms with Crippen molar-refractivity contribution in [3.63, 3.8) is 0 Å². The summed E-state index contributed by atoms with van der Waals surface area (Å²) in [7, 11) is 0. The van der Waals surface area contributed by atoms with Crippen molar-refractivity contribution in [3.05, 3.63) is 58.3 Å². The Morgan fingerprint density at radius 2 is 1.93 bits per heavy atom. The van der Waals surface area contributed by atoms with Crippen LogP contribution in [0.3, 0.4) is 0 Å². The molecular weight excluding hydrogens is 368 g/mol. The normalized spacial score (nSPS) is 15.0. The van der Waals surface area contributed by atoms with Gasteiger partial charge in [-0.15, -0.1) is 0 Å². The van der Waals surface area contributed by atoms with Crippen molar-refractivity contribution < 1.29 is 9.15 Å². The van der Waals surface area contributed by atoms with Crippen LogP contribution in [0.25, 0.3) is 11.0 Å². The van der Waals surface area contributed by atoms with Crippen molar-refractivity contribution in [1.82, 2.24) is 14.9 Å². The molecule has 7 heteroatoms. The van der Waals surface area contributed by atoms with Crippen LogP contribution in [0.1, 0.15) is 17.5 Å². The molecule has 1 saturated heterocycles. The van der Waals surface area contributed by atoms with Crippen molar-refractivity contribution in [2.45, 2.75) is 20.3 Å². The highest BCUT2D eigenvalue weighted by Crippen LogP contribution is 2.29. The molecule has 3 aromatic rings. The van der Waals surface area contributed by atoms with Crippen LogP contribution in [0.5, 0.6) is 5.75 Å². The number of hydrogen-bond acceptors (Lipinski definition) is 7. The summed E-state index contributed by atoms with van der Waals surface area (Å²) in [5.41, 5.74) is 2.16. The minimum Gasteiger partial charge on any atom is -0.493 e. The maximum atomic E-state index is 11.7. The number of aryl methyl sites for hydroxylation is 2. The second-order valence-corrected chi connectivity index (χ2v) is 7.48. The van der Waals surface area contributed by atoms with Gasteiger partial charge in [-0.3, -0.25) is 9.88 Å². The van der Waals surface area contributed by atoms with Crippen molar-refractivity contribution in [3.8, 4) is 5.75 Å². The van der Waals surface area contributed by atoms with Gasteiger partial charge in [0, 0.05) is 51.2 Å². The van der Waals surface area contributed by atoms with Gasteiger partial charge >= 0.3 is 5.63 Å². The Hall–Kier alpha value is -2.93. The lowest BCUT2D eigenvalue weighted by atomic mass is 10.1. The van der Waals surface area contributed by atoms with Gasteiger partial charge < -0.3 is 14.1 Å². The first-order chi connectivity index (χ1) is 14.1. The molecule has 4 rings (SSSR count). The SMILES string of the molecule is Cc1cc(OCCCN2CCN(c3cnccn3)CC2)c2c(C)cc(=O)oc2c1. The van der Waals surface area contributed by atoms with Crippen molar-refractivity contribution in [2.24, 2.45) is 0 Å². The molecule has 0 spiro atoms. The van der Waals surface area contributed by atoms with Gasteiger partial charge in [0.2, 0.25) is 0 Å². The van der Waals surface area contributed by atoms with E-state index in [2.05, 4.69) is 19.8 Å². The summed E-state index contributed by atoms with van der Waals surface area (Å²) in [5.74, 6) is 1.73. The smallest absolute Gasteiger partial charge is 0.336 e. The third-order valence-corrected chi connectivity index (χ3v) is 5.27. The zero-order chi connectivity index (χ0) is 20.2. The second-order valence-electron chi connectivity index (χ2n) is 7.48. The molecule has 7 nitrogen and oxygen atoms in total. The molecule has 1 aliphatic heterocycles. The number of rotatable bonds is 6. The van der Waals surface area contributed by atoms with E-state index in [0.717, 1.165) is 67.2 Å². The fraction of sp³-hybridized carbons (Fsp3) is 0.409. The van der Waals surface area contributed by atoms with Gasteiger partial charge in [-0.1, -0.05) is 0 Å². The standard InChI is InChI=1S/C22H26N4O3/c1-16-12-18(22-17(2)14-21(27)29-19(22)13-16)28-11-3-6-25-7-9-26(10-8-25)20-15-23-4-5-24-20/h4-5,12-15H,3,6-11H2,1-2H3. The molecule has 29 heavy (non-hydrogen) atoms. The minimum absolute atomic E-state index is 0.327. The topological polar surface area (TPSA) is 71.7 Å². The maximum Gasteiger partial charge on any atom is 0.336 e. The minimum atomic E-state index is -0.327. The van der Waals surface area contributed by atoms with Crippen LogP contribution in [0.15, 0.2) is 46.0 Å². The highest BCUT2D eigenvalue weighted by atomic mass is 16.5. The third kappa shape index (κ3) is 4.56. The van der Waals surface area contributed by atoms with E-state index in [0.29, 0.717) is 12.2 Å². The number of fused-ring (bicyclic) bond motifs is 1. The predicted octanol–water partition coefficient (Wildman–Crippen LogP) is 2.79. The highest BCUT2D eigenvalue weighted by molar-refractivity contribution is 5.87. The zero-order valence-corrected chi connectivity index (χ0v) is 16.9. The summed E-state index contributed by atoms with van der Waals surface area (Å²) in [5, 5.41) is 0.882. The molecule has 0 atom stereocenters. The average Bonchev–Trinajstić information content (AvgIpc) is 2.71. The molecule has 2 aromatic heterocycles. The molecule has 0 N–H and O–H groups in total. The van der Waals surface area contributed by atoms with Gasteiger partial charge in [-0.25, -0.2) is 9.78 Å². The first-order valence-corrected chi connectivity index (χ1v) is 10.0. The number of ether oxygens (including phenoxy) is 1. The monoisotopic (exact) mass is 394 g/mol. The summed E-state index contributed by atoms with van der Waals surface area (Å²) in [4.78, 5) is 24.9. The Kier molecular flexibility index (Phi) is 5.76. The first kappa shape index (κ1) is 19.4. The number of hydrogen-bond donors (Lipinski definition) is 0. The summed E-state index contributed by atoms with van der Waals surface area (Å²) in [6.45, 7) is 9.44. The Bertz CT molecular complexity index is 1030. The lowest BCUT2D eigenvalue weighted by Gasteiger charge is -2.35. The Labute approximate surface area is 169 Å². The van der Waals surface area contributed by atoms with Crippen LogP contribution in [0.4, 0.5) is 5.82 Å². The van der Waals surface area contributed by atoms with E-state index >= 15 is 0 Å². The third-order valence-electron chi connectivity index (χ3n) is 5.27. The van der Waals surface area contributed by atoms with Gasteiger partial charge in [0.25, 0.3) is 0 Å². The number of nitrogens with zero attached hydrogens (tertiary/aromatic N) is 4. The largest absolute Gasteiger partial charge is 0.493 e. The lowest BCUT2D eigenvalue weighted by Crippen LogP contribution is -2.47. The molecule has 1 fully saturated rings. The Morgan fingerprint density at radius 3 is 2.69 bits per heavy atom. The molecular formula is C22H26N4O3. The van der Waals surface area contributed by atoms with Crippen LogP contribution in [-0.4, -0.2) is 54.2 Å². The van der Waals surface area contributed by atoms with E-state index in [1.165, 1.54) is 6.07 Å². The number of benzene rings is 1. The van der Waals surface area contributed by atoms with E-state index in [1.54, 1.807) is 12.4 Å². The highest BCUT2D eigenvalue weighted by Gasteiger charge is 2.18. The van der Waals surface area contributed by atoms with Gasteiger partial charge in [0.15, 0.2) is 0 Å². The van der Waals surface area contributed by atoms with Crippen LogP contribution < -0.4 is 15.3 Å². The van der Waals surface area contributed by atoms with Crippen LogP contribution in [-0.2, 0) is 0 Å².